The Morgan fingerprint density at radius 2 is 0.786 bits per heavy atom. The zero-order valence-corrected chi connectivity index (χ0v) is 32.6. The smallest absolute Gasteiger partial charge is 0.345 e. The van der Waals surface area contributed by atoms with Crippen molar-refractivity contribution in [1.82, 2.24) is 0 Å². The van der Waals surface area contributed by atoms with E-state index in [2.05, 4.69) is 38.1 Å². The number of para-hydroxylation sites is 2. The van der Waals surface area contributed by atoms with Crippen LogP contribution in [0.1, 0.15) is 153 Å². The fraction of sp³-hybridized carbons (Fsp3) is 0.667. The van der Waals surface area contributed by atoms with Crippen LogP contribution in [0.4, 0.5) is 0 Å². The summed E-state index contributed by atoms with van der Waals surface area (Å²) < 4.78 is 12.6. The first-order chi connectivity index (χ1) is 20.1. The number of hydrogen-bond acceptors (Lipinski definition) is 3. The summed E-state index contributed by atoms with van der Waals surface area (Å²) in [6, 6.07) is 16.5. The van der Waals surface area contributed by atoms with Crippen LogP contribution in [0, 0.1) is 0 Å². The number of rotatable bonds is 26. The van der Waals surface area contributed by atoms with Crippen LogP contribution in [-0.2, 0) is 44.1 Å². The van der Waals surface area contributed by atoms with Crippen LogP contribution in [0.25, 0.3) is 0 Å². The number of unbranched alkanes of at least 4 members (excludes halogenated alkanes) is 18. The van der Waals surface area contributed by atoms with Gasteiger partial charge in [0.1, 0.15) is 11.5 Å². The molecule has 0 spiro atoms. The average Bonchev–Trinajstić information content (AvgIpc) is 2.96. The maximum atomic E-state index is 6.31. The molecule has 0 bridgehead atoms. The Bertz CT molecular complexity index is 897. The van der Waals surface area contributed by atoms with Crippen LogP contribution in [-0.4, -0.2) is 0 Å². The van der Waals surface area contributed by atoms with Crippen molar-refractivity contribution in [3.63, 3.8) is 0 Å². The van der Waals surface area contributed by atoms with Gasteiger partial charge in [-0.25, -0.2) is 0 Å². The molecule has 2 aromatic carbocycles. The number of benzene rings is 2. The predicted octanol–water partition coefficient (Wildman–Crippen LogP) is 13.2. The van der Waals surface area contributed by atoms with Crippen LogP contribution < -0.4 is 9.05 Å². The third-order valence-corrected chi connectivity index (χ3v) is 9.76. The molecule has 0 fully saturated rings. The Morgan fingerprint density at radius 1 is 0.500 bits per heavy atom. The molecule has 0 heterocycles. The molecule has 0 amide bonds. The van der Waals surface area contributed by atoms with E-state index >= 15 is 0 Å². The molecule has 0 saturated carbocycles. The quantitative estimate of drug-likeness (QED) is 0.0461. The summed E-state index contributed by atoms with van der Waals surface area (Å²) in [5, 5.41) is 0. The zero-order valence-electron chi connectivity index (χ0n) is 27.0. The molecule has 0 aliphatic carbocycles. The van der Waals surface area contributed by atoms with Crippen molar-refractivity contribution >= 4 is 29.7 Å². The normalized spacial score (nSPS) is 11.3. The molecule has 2 rings (SSSR count). The van der Waals surface area contributed by atoms with Crippen LogP contribution in [0.3, 0.4) is 0 Å². The van der Waals surface area contributed by atoms with E-state index in [4.69, 9.17) is 33.1 Å². The minimum atomic E-state index is -2.79. The topological polar surface area (TPSA) is 18.5 Å². The Labute approximate surface area is 283 Å². The van der Waals surface area contributed by atoms with Gasteiger partial charge in [-0.15, -0.1) is 0 Å². The first-order valence-electron chi connectivity index (χ1n) is 16.9. The summed E-state index contributed by atoms with van der Waals surface area (Å²) in [6.07, 6.45) is 28.8. The fourth-order valence-corrected chi connectivity index (χ4v) is 7.37. The Balaban J connectivity index is 0.00000882. The second-order valence-electron chi connectivity index (χ2n) is 11.7. The van der Waals surface area contributed by atoms with Crippen molar-refractivity contribution in [3.8, 4) is 11.5 Å². The van der Waals surface area contributed by atoms with Crippen LogP contribution >= 0.6 is 17.9 Å². The number of hydrogen-bond donors (Lipinski definition) is 1. The van der Waals surface area contributed by atoms with Crippen LogP contribution in [0.5, 0.6) is 11.5 Å². The molecular formula is C36H59O2PS2Zn. The predicted molar refractivity (Wildman–Crippen MR) is 189 cm³/mol. The first kappa shape index (κ1) is 39.7. The molecule has 0 N–H and O–H groups in total. The molecule has 0 unspecified atom stereocenters. The van der Waals surface area contributed by atoms with Gasteiger partial charge in [-0.3, -0.25) is 0 Å². The number of aryl methyl sites for hydroxylation is 2. The summed E-state index contributed by atoms with van der Waals surface area (Å²) >= 11 is 10.5. The summed E-state index contributed by atoms with van der Waals surface area (Å²) in [7, 11) is 0. The fourth-order valence-electron chi connectivity index (χ4n) is 5.47. The average molecular weight is 684 g/mol. The van der Waals surface area contributed by atoms with Gasteiger partial charge in [0, 0.05) is 19.5 Å². The molecular weight excluding hydrogens is 625 g/mol. The SMILES string of the molecule is CCCCCCCCCCCCc1ccccc1OP(=S)(S)Oc1ccccc1CCCCCCCCCCCC.[Zn]. The van der Waals surface area contributed by atoms with Crippen molar-refractivity contribution in [1.29, 1.82) is 0 Å². The molecule has 6 heteroatoms. The van der Waals surface area contributed by atoms with E-state index in [0.29, 0.717) is 0 Å². The van der Waals surface area contributed by atoms with Gasteiger partial charge >= 0.3 is 5.69 Å². The molecule has 234 valence electrons. The standard InChI is InChI=1S/C36H59O2PS2.Zn/c1-3-5-7-9-11-13-15-17-19-21-27-33-29-23-25-31-35(33)37-39(40,41)38-36-32-26-24-30-34(36)28-22-20-18-16-14-12-10-8-6-4-2;/h23-26,29-32H,3-22,27-28H2,1-2H3,(H,40,41);. The third kappa shape index (κ3) is 19.1. The molecule has 0 saturated heterocycles. The van der Waals surface area contributed by atoms with Gasteiger partial charge in [0.05, 0.1) is 0 Å². The second kappa shape index (κ2) is 25.9. The van der Waals surface area contributed by atoms with Gasteiger partial charge in [-0.05, 0) is 60.7 Å². The van der Waals surface area contributed by atoms with Gasteiger partial charge in [-0.2, -0.15) is 0 Å². The summed E-state index contributed by atoms with van der Waals surface area (Å²) in [5.74, 6) is 1.66. The monoisotopic (exact) mass is 682 g/mol. The minimum Gasteiger partial charge on any atom is -0.428 e. The maximum absolute atomic E-state index is 6.31. The first-order valence-corrected chi connectivity index (χ1v) is 20.7. The van der Waals surface area contributed by atoms with E-state index < -0.39 is 5.69 Å². The van der Waals surface area contributed by atoms with Gasteiger partial charge in [0.15, 0.2) is 0 Å². The van der Waals surface area contributed by atoms with Crippen LogP contribution in [0.2, 0.25) is 0 Å². The summed E-state index contributed by atoms with van der Waals surface area (Å²) in [5.41, 5.74) is -0.382. The molecule has 0 aliphatic heterocycles. The summed E-state index contributed by atoms with van der Waals surface area (Å²) in [6.45, 7) is 4.56. The van der Waals surface area contributed by atoms with E-state index in [0.717, 1.165) is 24.3 Å². The van der Waals surface area contributed by atoms with Gasteiger partial charge in [-0.1, -0.05) is 178 Å². The Morgan fingerprint density at radius 3 is 1.12 bits per heavy atom. The van der Waals surface area contributed by atoms with Crippen molar-refractivity contribution < 1.29 is 28.5 Å². The van der Waals surface area contributed by atoms with E-state index in [1.165, 1.54) is 140 Å². The second-order valence-corrected chi connectivity index (χ2v) is 16.9. The zero-order chi connectivity index (χ0) is 29.4. The summed E-state index contributed by atoms with van der Waals surface area (Å²) in [4.78, 5) is 0. The number of thiol groups is 1. The van der Waals surface area contributed by atoms with E-state index in [1.807, 2.05) is 24.3 Å². The van der Waals surface area contributed by atoms with Crippen molar-refractivity contribution in [2.24, 2.45) is 0 Å². The van der Waals surface area contributed by atoms with Crippen molar-refractivity contribution in [2.45, 2.75) is 155 Å². The molecule has 0 atom stereocenters. The van der Waals surface area contributed by atoms with E-state index in [1.54, 1.807) is 0 Å². The van der Waals surface area contributed by atoms with Gasteiger partial charge < -0.3 is 9.05 Å². The van der Waals surface area contributed by atoms with Gasteiger partial charge in [0.2, 0.25) is 0 Å². The molecule has 2 nitrogen and oxygen atoms in total. The third-order valence-electron chi connectivity index (χ3n) is 7.97. The maximum Gasteiger partial charge on any atom is 0.345 e. The molecule has 42 heavy (non-hydrogen) atoms. The van der Waals surface area contributed by atoms with E-state index in [9.17, 15) is 0 Å². The Hall–Kier alpha value is -0.337. The molecule has 0 aliphatic rings. The molecule has 0 radical (unpaired) electrons. The minimum absolute atomic E-state index is 0. The Kier molecular flexibility index (Phi) is 24.5. The molecule has 2 aromatic rings. The molecule has 0 aromatic heterocycles. The van der Waals surface area contributed by atoms with Gasteiger partial charge in [0.25, 0.3) is 0 Å². The van der Waals surface area contributed by atoms with Crippen molar-refractivity contribution in [2.75, 3.05) is 0 Å². The van der Waals surface area contributed by atoms with Crippen LogP contribution in [0.15, 0.2) is 48.5 Å². The van der Waals surface area contributed by atoms with E-state index in [-0.39, 0.29) is 19.5 Å². The van der Waals surface area contributed by atoms with Crippen molar-refractivity contribution in [3.05, 3.63) is 59.7 Å². The largest absolute Gasteiger partial charge is 0.428 e.